The summed E-state index contributed by atoms with van der Waals surface area (Å²) in [6.07, 6.45) is -3.64. The molecule has 2 atom stereocenters. The van der Waals surface area contributed by atoms with Gasteiger partial charge in [0.1, 0.15) is 0 Å². The van der Waals surface area contributed by atoms with Gasteiger partial charge in [-0.2, -0.15) is 18.2 Å². The third-order valence-electron chi connectivity index (χ3n) is 4.64. The van der Waals surface area contributed by atoms with Crippen LogP contribution in [-0.4, -0.2) is 10.1 Å². The maximum absolute atomic E-state index is 12.9. The molecule has 2 N–H and O–H groups in total. The van der Waals surface area contributed by atoms with Crippen molar-refractivity contribution in [1.29, 1.82) is 0 Å². The first-order valence-corrected chi connectivity index (χ1v) is 8.26. The second kappa shape index (κ2) is 6.25. The average molecular weight is 359 g/mol. The van der Waals surface area contributed by atoms with E-state index in [-0.39, 0.29) is 11.8 Å². The maximum atomic E-state index is 12.9. The first-order valence-electron chi connectivity index (χ1n) is 8.26. The van der Waals surface area contributed by atoms with Crippen LogP contribution >= 0.6 is 0 Å². The van der Waals surface area contributed by atoms with Gasteiger partial charge < -0.3 is 10.3 Å². The minimum Gasteiger partial charge on any atom is -0.339 e. The molecule has 134 valence electrons. The topological polar surface area (TPSA) is 64.9 Å². The number of hydrogen-bond donors (Lipinski definition) is 1. The van der Waals surface area contributed by atoms with Gasteiger partial charge in [0, 0.05) is 18.0 Å². The zero-order chi connectivity index (χ0) is 18.3. The quantitative estimate of drug-likeness (QED) is 0.746. The van der Waals surface area contributed by atoms with Crippen molar-refractivity contribution in [2.75, 3.05) is 0 Å². The molecule has 7 heteroatoms. The van der Waals surface area contributed by atoms with Crippen LogP contribution in [0, 0.1) is 0 Å². The van der Waals surface area contributed by atoms with E-state index in [0.29, 0.717) is 30.2 Å². The second-order valence-electron chi connectivity index (χ2n) is 6.43. The van der Waals surface area contributed by atoms with Crippen LogP contribution in [-0.2, 0) is 12.7 Å². The number of alkyl halides is 3. The Morgan fingerprint density at radius 3 is 2.54 bits per heavy atom. The molecule has 3 aromatic rings. The summed E-state index contributed by atoms with van der Waals surface area (Å²) in [4.78, 5) is 4.41. The highest BCUT2D eigenvalue weighted by Gasteiger charge is 2.44. The molecule has 1 aromatic heterocycles. The fourth-order valence-corrected chi connectivity index (χ4v) is 3.07. The van der Waals surface area contributed by atoms with E-state index < -0.39 is 11.7 Å². The van der Waals surface area contributed by atoms with Crippen LogP contribution in [0.15, 0.2) is 53.1 Å². The zero-order valence-electron chi connectivity index (χ0n) is 13.7. The van der Waals surface area contributed by atoms with Gasteiger partial charge in [0.15, 0.2) is 0 Å². The van der Waals surface area contributed by atoms with Crippen LogP contribution in [0.3, 0.4) is 0 Å². The molecule has 0 saturated heterocycles. The number of aromatic nitrogens is 2. The largest absolute Gasteiger partial charge is 0.416 e. The van der Waals surface area contributed by atoms with Crippen LogP contribution in [0.25, 0.3) is 11.4 Å². The van der Waals surface area contributed by atoms with Gasteiger partial charge in [-0.3, -0.25) is 0 Å². The molecule has 1 saturated carbocycles. The summed E-state index contributed by atoms with van der Waals surface area (Å²) in [5.74, 6) is 0.872. The minimum absolute atomic E-state index is 0.0229. The summed E-state index contributed by atoms with van der Waals surface area (Å²) in [6, 6.07) is 13.0. The summed E-state index contributed by atoms with van der Waals surface area (Å²) in [6.45, 7) is 0.457. The van der Waals surface area contributed by atoms with E-state index in [1.807, 2.05) is 24.3 Å². The number of halogens is 3. The van der Waals surface area contributed by atoms with Gasteiger partial charge in [0.2, 0.25) is 11.7 Å². The van der Waals surface area contributed by atoms with Crippen molar-refractivity contribution < 1.29 is 17.7 Å². The number of rotatable bonds is 4. The van der Waals surface area contributed by atoms with Crippen LogP contribution in [0.4, 0.5) is 13.2 Å². The van der Waals surface area contributed by atoms with E-state index in [1.165, 1.54) is 12.1 Å². The van der Waals surface area contributed by atoms with E-state index >= 15 is 0 Å². The van der Waals surface area contributed by atoms with E-state index in [1.54, 1.807) is 6.07 Å². The van der Waals surface area contributed by atoms with Gasteiger partial charge in [-0.05, 0) is 29.5 Å². The molecule has 0 aliphatic heterocycles. The Labute approximate surface area is 147 Å². The number of nitrogens with two attached hydrogens (primary N) is 1. The molecule has 1 fully saturated rings. The van der Waals surface area contributed by atoms with Gasteiger partial charge in [-0.15, -0.1) is 0 Å². The Morgan fingerprint density at radius 1 is 1.08 bits per heavy atom. The normalized spacial score (nSPS) is 19.5. The molecule has 26 heavy (non-hydrogen) atoms. The molecular formula is C19H16F3N3O. The van der Waals surface area contributed by atoms with Crippen molar-refractivity contribution in [3.05, 3.63) is 71.1 Å². The fraction of sp³-hybridized carbons (Fsp3) is 0.263. The Hall–Kier alpha value is -2.67. The van der Waals surface area contributed by atoms with Crippen molar-refractivity contribution >= 4 is 0 Å². The monoisotopic (exact) mass is 359 g/mol. The molecule has 0 bridgehead atoms. The Morgan fingerprint density at radius 2 is 1.85 bits per heavy atom. The Kier molecular flexibility index (Phi) is 4.03. The van der Waals surface area contributed by atoms with Crippen molar-refractivity contribution in [2.45, 2.75) is 31.0 Å². The summed E-state index contributed by atoms with van der Waals surface area (Å²) in [7, 11) is 0. The lowest BCUT2D eigenvalue weighted by molar-refractivity contribution is -0.137. The molecular weight excluding hydrogens is 343 g/mol. The average Bonchev–Trinajstić information content (AvgIpc) is 3.30. The standard InChI is InChI=1S/C19H16F3N3O/c20-19(21,22)14-3-1-2-13(8-14)15-9-16(15)18-24-17(25-26-18)12-6-4-11(10-23)5-7-12/h1-8,15-16H,9-10,23H2. The number of benzene rings is 2. The lowest BCUT2D eigenvalue weighted by atomic mass is 10.1. The lowest BCUT2D eigenvalue weighted by Gasteiger charge is -2.08. The van der Waals surface area contributed by atoms with Crippen molar-refractivity contribution in [3.63, 3.8) is 0 Å². The molecule has 0 radical (unpaired) electrons. The molecule has 0 spiro atoms. The van der Waals surface area contributed by atoms with Crippen LogP contribution in [0.5, 0.6) is 0 Å². The van der Waals surface area contributed by atoms with Crippen LogP contribution in [0.1, 0.15) is 40.8 Å². The van der Waals surface area contributed by atoms with Crippen LogP contribution in [0.2, 0.25) is 0 Å². The van der Waals surface area contributed by atoms with Crippen LogP contribution < -0.4 is 5.73 Å². The predicted molar refractivity (Wildman–Crippen MR) is 89.2 cm³/mol. The first-order chi connectivity index (χ1) is 12.5. The summed E-state index contributed by atoms with van der Waals surface area (Å²) < 4.78 is 43.9. The number of nitrogens with zero attached hydrogens (tertiary/aromatic N) is 2. The molecule has 1 aliphatic rings. The molecule has 2 aromatic carbocycles. The van der Waals surface area contributed by atoms with E-state index in [9.17, 15) is 13.2 Å². The summed E-state index contributed by atoms with van der Waals surface area (Å²) >= 11 is 0. The lowest BCUT2D eigenvalue weighted by Crippen LogP contribution is -2.05. The first kappa shape index (κ1) is 16.8. The fourth-order valence-electron chi connectivity index (χ4n) is 3.07. The summed E-state index contributed by atoms with van der Waals surface area (Å²) in [5, 5.41) is 3.99. The molecule has 2 unspecified atom stereocenters. The van der Waals surface area contributed by atoms with Crippen molar-refractivity contribution in [3.8, 4) is 11.4 Å². The predicted octanol–water partition coefficient (Wildman–Crippen LogP) is 4.49. The highest BCUT2D eigenvalue weighted by Crippen LogP contribution is 2.54. The van der Waals surface area contributed by atoms with E-state index in [2.05, 4.69) is 10.1 Å². The molecule has 0 amide bonds. The van der Waals surface area contributed by atoms with Gasteiger partial charge >= 0.3 is 6.18 Å². The van der Waals surface area contributed by atoms with Gasteiger partial charge in [-0.1, -0.05) is 47.6 Å². The Bertz CT molecular complexity index is 918. The molecule has 1 heterocycles. The minimum atomic E-state index is -4.34. The molecule has 1 aliphatic carbocycles. The Balaban J connectivity index is 1.51. The smallest absolute Gasteiger partial charge is 0.339 e. The third-order valence-corrected chi connectivity index (χ3v) is 4.64. The number of hydrogen-bond acceptors (Lipinski definition) is 4. The maximum Gasteiger partial charge on any atom is 0.416 e. The molecule has 4 rings (SSSR count). The van der Waals surface area contributed by atoms with E-state index in [0.717, 1.165) is 17.2 Å². The van der Waals surface area contributed by atoms with Gasteiger partial charge in [0.25, 0.3) is 0 Å². The third kappa shape index (κ3) is 3.22. The van der Waals surface area contributed by atoms with Gasteiger partial charge in [0.05, 0.1) is 5.56 Å². The highest BCUT2D eigenvalue weighted by molar-refractivity contribution is 5.55. The van der Waals surface area contributed by atoms with Gasteiger partial charge in [-0.25, -0.2) is 0 Å². The highest BCUT2D eigenvalue weighted by atomic mass is 19.4. The van der Waals surface area contributed by atoms with Crippen molar-refractivity contribution in [1.82, 2.24) is 10.1 Å². The van der Waals surface area contributed by atoms with Crippen molar-refractivity contribution in [2.24, 2.45) is 5.73 Å². The zero-order valence-corrected chi connectivity index (χ0v) is 13.7. The SMILES string of the molecule is NCc1ccc(-c2noc(C3CC3c3cccc(C(F)(F)F)c3)n2)cc1. The van der Waals surface area contributed by atoms with E-state index in [4.69, 9.17) is 10.3 Å². The second-order valence-corrected chi connectivity index (χ2v) is 6.43. The molecule has 4 nitrogen and oxygen atoms in total. The summed E-state index contributed by atoms with van der Waals surface area (Å²) in [5.41, 5.74) is 7.41.